The van der Waals surface area contributed by atoms with E-state index in [1.54, 1.807) is 0 Å². The number of hydrogen-bond acceptors (Lipinski definition) is 4. The summed E-state index contributed by atoms with van der Waals surface area (Å²) in [7, 11) is 0. The van der Waals surface area contributed by atoms with Gasteiger partial charge < -0.3 is 0 Å². The van der Waals surface area contributed by atoms with Gasteiger partial charge in [0.05, 0.1) is 16.0 Å². The van der Waals surface area contributed by atoms with Gasteiger partial charge >= 0.3 is 6.18 Å². The number of aromatic nitrogens is 2. The lowest BCUT2D eigenvalue weighted by Crippen LogP contribution is -2.10. The number of nitro benzene ring substituents is 1. The van der Waals surface area contributed by atoms with Gasteiger partial charge in [0.2, 0.25) is 0 Å². The number of rotatable bonds is 1. The van der Waals surface area contributed by atoms with Crippen molar-refractivity contribution in [3.05, 3.63) is 39.2 Å². The molecule has 0 aliphatic carbocycles. The van der Waals surface area contributed by atoms with Gasteiger partial charge in [0.25, 0.3) is 5.69 Å². The van der Waals surface area contributed by atoms with E-state index in [2.05, 4.69) is 9.97 Å². The van der Waals surface area contributed by atoms with Gasteiger partial charge in [-0.2, -0.15) is 13.2 Å². The number of nitrogens with zero attached hydrogens (tertiary/aromatic N) is 3. The Hall–Kier alpha value is -1.96. The zero-order valence-corrected chi connectivity index (χ0v) is 9.16. The normalized spacial score (nSPS) is 11.8. The molecule has 0 atom stereocenters. The third-order valence-corrected chi connectivity index (χ3v) is 2.35. The molecule has 18 heavy (non-hydrogen) atoms. The van der Waals surface area contributed by atoms with E-state index in [1.165, 1.54) is 6.07 Å². The van der Waals surface area contributed by atoms with E-state index in [-0.39, 0.29) is 16.7 Å². The number of halogens is 4. The number of hydrogen-bond donors (Lipinski definition) is 0. The minimum absolute atomic E-state index is 0.0543. The highest BCUT2D eigenvalue weighted by atomic mass is 35.5. The van der Waals surface area contributed by atoms with Crippen LogP contribution in [0.4, 0.5) is 18.9 Å². The molecular weight excluding hydrogens is 275 g/mol. The van der Waals surface area contributed by atoms with Crippen LogP contribution >= 0.6 is 11.6 Å². The average molecular weight is 278 g/mol. The fourth-order valence-electron chi connectivity index (χ4n) is 1.32. The minimum atomic E-state index is -4.76. The topological polar surface area (TPSA) is 68.9 Å². The molecule has 0 amide bonds. The first kappa shape index (κ1) is 12.5. The lowest BCUT2D eigenvalue weighted by Gasteiger charge is -2.07. The first-order valence-corrected chi connectivity index (χ1v) is 4.86. The molecule has 2 rings (SSSR count). The molecule has 0 fully saturated rings. The summed E-state index contributed by atoms with van der Waals surface area (Å²) in [5.74, 6) is 0. The maximum Gasteiger partial charge on any atom is 0.436 e. The van der Waals surface area contributed by atoms with Crippen LogP contribution in [0.15, 0.2) is 18.2 Å². The molecule has 0 spiro atoms. The van der Waals surface area contributed by atoms with Crippen molar-refractivity contribution >= 4 is 28.3 Å². The van der Waals surface area contributed by atoms with Gasteiger partial charge in [0.15, 0.2) is 10.8 Å². The number of non-ortho nitro benzene ring substituents is 1. The first-order valence-electron chi connectivity index (χ1n) is 4.48. The Labute approximate surface area is 102 Å². The van der Waals surface area contributed by atoms with Crippen molar-refractivity contribution in [2.75, 3.05) is 0 Å². The Morgan fingerprint density at radius 2 is 1.89 bits per heavy atom. The second-order valence-corrected chi connectivity index (χ2v) is 3.65. The van der Waals surface area contributed by atoms with Gasteiger partial charge in [-0.3, -0.25) is 10.1 Å². The van der Waals surface area contributed by atoms with E-state index >= 15 is 0 Å². The summed E-state index contributed by atoms with van der Waals surface area (Å²) >= 11 is 5.36. The molecule has 0 N–H and O–H groups in total. The second kappa shape index (κ2) is 4.05. The number of alkyl halides is 3. The van der Waals surface area contributed by atoms with Crippen LogP contribution in [0, 0.1) is 10.1 Å². The highest BCUT2D eigenvalue weighted by Crippen LogP contribution is 2.33. The zero-order valence-electron chi connectivity index (χ0n) is 8.40. The Morgan fingerprint density at radius 3 is 2.44 bits per heavy atom. The largest absolute Gasteiger partial charge is 0.436 e. The quantitative estimate of drug-likeness (QED) is 0.593. The number of nitro groups is 1. The second-order valence-electron chi connectivity index (χ2n) is 3.29. The summed E-state index contributed by atoms with van der Waals surface area (Å²) < 4.78 is 37.5. The third-order valence-electron chi connectivity index (χ3n) is 2.08. The summed E-state index contributed by atoms with van der Waals surface area (Å²) in [4.78, 5) is 16.5. The fourth-order valence-corrected chi connectivity index (χ4v) is 1.56. The molecule has 2 aromatic rings. The molecule has 0 radical (unpaired) electrons. The number of fused-ring (bicyclic) bond motifs is 1. The Balaban J connectivity index is 2.71. The molecule has 94 valence electrons. The molecule has 1 aromatic carbocycles. The van der Waals surface area contributed by atoms with E-state index in [0.717, 1.165) is 12.1 Å². The SMILES string of the molecule is O=[N+]([O-])c1ccc2nc(Cl)c(C(F)(F)F)nc2c1. The highest BCUT2D eigenvalue weighted by Gasteiger charge is 2.36. The van der Waals surface area contributed by atoms with E-state index < -0.39 is 21.9 Å². The lowest BCUT2D eigenvalue weighted by atomic mass is 10.2. The predicted molar refractivity (Wildman–Crippen MR) is 56.2 cm³/mol. The predicted octanol–water partition coefficient (Wildman–Crippen LogP) is 3.21. The van der Waals surface area contributed by atoms with Crippen molar-refractivity contribution in [3.63, 3.8) is 0 Å². The molecule has 1 heterocycles. The van der Waals surface area contributed by atoms with Crippen molar-refractivity contribution in [3.8, 4) is 0 Å². The fraction of sp³-hybridized carbons (Fsp3) is 0.111. The van der Waals surface area contributed by atoms with E-state index in [1.807, 2.05) is 0 Å². The van der Waals surface area contributed by atoms with Crippen molar-refractivity contribution in [1.29, 1.82) is 0 Å². The van der Waals surface area contributed by atoms with Crippen LogP contribution in [-0.2, 0) is 6.18 Å². The smallest absolute Gasteiger partial charge is 0.258 e. The van der Waals surface area contributed by atoms with Crippen molar-refractivity contribution in [2.45, 2.75) is 6.18 Å². The van der Waals surface area contributed by atoms with Crippen molar-refractivity contribution in [2.24, 2.45) is 0 Å². The van der Waals surface area contributed by atoms with E-state index in [0.29, 0.717) is 0 Å². The molecule has 0 unspecified atom stereocenters. The van der Waals surface area contributed by atoms with Crippen LogP contribution in [-0.4, -0.2) is 14.9 Å². The highest BCUT2D eigenvalue weighted by molar-refractivity contribution is 6.30. The van der Waals surface area contributed by atoms with Crippen molar-refractivity contribution < 1.29 is 18.1 Å². The molecule has 5 nitrogen and oxygen atoms in total. The maximum atomic E-state index is 12.5. The van der Waals surface area contributed by atoms with E-state index in [4.69, 9.17) is 11.6 Å². The van der Waals surface area contributed by atoms with Gasteiger partial charge in [-0.1, -0.05) is 11.6 Å². The van der Waals surface area contributed by atoms with Crippen LogP contribution < -0.4 is 0 Å². The Bertz CT molecular complexity index is 645. The van der Waals surface area contributed by atoms with Gasteiger partial charge in [-0.05, 0) is 6.07 Å². The molecular formula is C9H3ClF3N3O2. The van der Waals surface area contributed by atoms with Gasteiger partial charge in [-0.15, -0.1) is 0 Å². The zero-order chi connectivity index (χ0) is 13.5. The standard InChI is InChI=1S/C9H3ClF3N3O2/c10-8-7(9(11,12)13)14-6-3-4(16(17)18)1-2-5(6)15-8/h1-3H. The van der Waals surface area contributed by atoms with E-state index in [9.17, 15) is 23.3 Å². The third kappa shape index (κ3) is 2.19. The molecule has 1 aromatic heterocycles. The van der Waals surface area contributed by atoms with Gasteiger partial charge in [0, 0.05) is 12.1 Å². The molecule has 9 heteroatoms. The molecule has 0 saturated carbocycles. The molecule has 0 bridgehead atoms. The Morgan fingerprint density at radius 1 is 1.22 bits per heavy atom. The number of benzene rings is 1. The Kier molecular flexibility index (Phi) is 2.81. The average Bonchev–Trinajstić information content (AvgIpc) is 2.25. The monoisotopic (exact) mass is 277 g/mol. The lowest BCUT2D eigenvalue weighted by molar-refractivity contribution is -0.384. The van der Waals surface area contributed by atoms with Crippen LogP contribution in [0.1, 0.15) is 5.69 Å². The summed E-state index contributed by atoms with van der Waals surface area (Å²) in [6.07, 6.45) is -4.76. The first-order chi connectivity index (χ1) is 8.29. The molecule has 0 aliphatic rings. The summed E-state index contributed by atoms with van der Waals surface area (Å²) in [6.45, 7) is 0. The summed E-state index contributed by atoms with van der Waals surface area (Å²) in [5.41, 5.74) is -1.91. The molecule has 0 saturated heterocycles. The maximum absolute atomic E-state index is 12.5. The van der Waals surface area contributed by atoms with Crippen LogP contribution in [0.3, 0.4) is 0 Å². The summed E-state index contributed by atoms with van der Waals surface area (Å²) in [6, 6.07) is 3.21. The van der Waals surface area contributed by atoms with Crippen LogP contribution in [0.5, 0.6) is 0 Å². The van der Waals surface area contributed by atoms with Crippen LogP contribution in [0.25, 0.3) is 11.0 Å². The minimum Gasteiger partial charge on any atom is -0.258 e. The molecule has 0 aliphatic heterocycles. The van der Waals surface area contributed by atoms with Crippen molar-refractivity contribution in [1.82, 2.24) is 9.97 Å². The van der Waals surface area contributed by atoms with Gasteiger partial charge in [-0.25, -0.2) is 9.97 Å². The van der Waals surface area contributed by atoms with Crippen LogP contribution in [0.2, 0.25) is 5.15 Å². The van der Waals surface area contributed by atoms with Gasteiger partial charge in [0.1, 0.15) is 0 Å². The summed E-state index contributed by atoms with van der Waals surface area (Å²) in [5, 5.41) is 9.71.